The summed E-state index contributed by atoms with van der Waals surface area (Å²) in [6.45, 7) is 0. The molecule has 0 amide bonds. The van der Waals surface area contributed by atoms with Gasteiger partial charge in [0.25, 0.3) is 0 Å². The molecular weight excluding hydrogens is 553 g/mol. The van der Waals surface area contributed by atoms with Crippen molar-refractivity contribution in [2.75, 3.05) is 0 Å². The number of hydrogen-bond donors (Lipinski definition) is 0. The molecule has 0 radical (unpaired) electrons. The predicted molar refractivity (Wildman–Crippen MR) is 126 cm³/mol. The van der Waals surface area contributed by atoms with Crippen LogP contribution in [0.25, 0.3) is 10.9 Å². The molecule has 202 valence electrons. The highest BCUT2D eigenvalue weighted by Gasteiger charge is 2.58. The van der Waals surface area contributed by atoms with Crippen LogP contribution in [0.4, 0.5) is 43.9 Å². The summed E-state index contributed by atoms with van der Waals surface area (Å²) in [6.07, 6.45) is -2.07. The van der Waals surface area contributed by atoms with Gasteiger partial charge in [0.2, 0.25) is 0 Å². The van der Waals surface area contributed by atoms with Gasteiger partial charge in [-0.15, -0.1) is 5.46 Å². The highest BCUT2D eigenvalue weighted by atomic mass is 19.2. The van der Waals surface area contributed by atoms with Crippen LogP contribution in [-0.2, 0) is 0 Å². The van der Waals surface area contributed by atoms with E-state index in [1.807, 2.05) is 0 Å². The van der Waals surface area contributed by atoms with Crippen LogP contribution >= 0.6 is 0 Å². The second-order valence-corrected chi connectivity index (χ2v) is 9.14. The first-order chi connectivity index (χ1) is 19.0. The minimum atomic E-state index is -4.38. The largest absolute Gasteiger partial charge is 0.395 e. The monoisotopic (exact) mass is 564 g/mol. The zero-order chi connectivity index (χ0) is 28.7. The molecule has 2 nitrogen and oxygen atoms in total. The topological polar surface area (TPSA) is 7.94 Å². The molecule has 0 saturated heterocycles. The summed E-state index contributed by atoms with van der Waals surface area (Å²) in [4.78, 5) is 0. The molecule has 13 heteroatoms. The van der Waals surface area contributed by atoms with Gasteiger partial charge in [0, 0.05) is 10.9 Å². The number of hydrogen-bond acceptors (Lipinski definition) is 0. The summed E-state index contributed by atoms with van der Waals surface area (Å²) < 4.78 is 152. The van der Waals surface area contributed by atoms with Gasteiger partial charge in [0.05, 0.1) is 6.20 Å². The molecule has 0 fully saturated rings. The Morgan fingerprint density at radius 2 is 0.950 bits per heavy atom. The van der Waals surface area contributed by atoms with E-state index in [-0.39, 0.29) is 11.1 Å². The average molecular weight is 564 g/mol. The van der Waals surface area contributed by atoms with E-state index in [0.717, 1.165) is 21.6 Å². The number of para-hydroxylation sites is 1. The van der Waals surface area contributed by atoms with Gasteiger partial charge in [-0.3, -0.25) is 0 Å². The van der Waals surface area contributed by atoms with Crippen LogP contribution in [0.3, 0.4) is 0 Å². The molecule has 0 N–H and O–H groups in total. The Bertz CT molecular complexity index is 1800. The highest BCUT2D eigenvalue weighted by molar-refractivity contribution is 7.07. The molecular formula is C27H11BF10N2. The van der Waals surface area contributed by atoms with Crippen LogP contribution in [0, 0.1) is 58.2 Å². The van der Waals surface area contributed by atoms with E-state index in [2.05, 4.69) is 0 Å². The maximum atomic E-state index is 15.7. The van der Waals surface area contributed by atoms with Gasteiger partial charge in [0.15, 0.2) is 34.9 Å². The van der Waals surface area contributed by atoms with Gasteiger partial charge in [-0.05, 0) is 23.1 Å². The first-order valence-electron chi connectivity index (χ1n) is 11.5. The normalized spacial score (nSPS) is 14.1. The maximum absolute atomic E-state index is 15.7. The van der Waals surface area contributed by atoms with E-state index in [1.54, 1.807) is 12.1 Å². The Balaban J connectivity index is 1.92. The summed E-state index contributed by atoms with van der Waals surface area (Å²) in [7, 11) is 0. The van der Waals surface area contributed by atoms with Crippen molar-refractivity contribution in [3.63, 3.8) is 0 Å². The molecule has 1 aliphatic heterocycles. The van der Waals surface area contributed by atoms with Gasteiger partial charge in [-0.1, -0.05) is 42.5 Å². The zero-order valence-corrected chi connectivity index (χ0v) is 19.6. The number of halogens is 10. The van der Waals surface area contributed by atoms with Crippen LogP contribution in [-0.4, -0.2) is 21.8 Å². The first-order valence-corrected chi connectivity index (χ1v) is 11.5. The van der Waals surface area contributed by atoms with Crippen molar-refractivity contribution in [3.05, 3.63) is 125 Å². The zero-order valence-electron chi connectivity index (χ0n) is 19.6. The third kappa shape index (κ3) is 3.11. The highest BCUT2D eigenvalue weighted by Crippen LogP contribution is 2.29. The quantitative estimate of drug-likeness (QED) is 0.128. The summed E-state index contributed by atoms with van der Waals surface area (Å²) in [6, 6.07) is 12.6. The fourth-order valence-corrected chi connectivity index (χ4v) is 5.62. The summed E-state index contributed by atoms with van der Waals surface area (Å²) in [5.41, 5.74) is -3.89. The lowest BCUT2D eigenvalue weighted by molar-refractivity contribution is -0.447. The third-order valence-electron chi connectivity index (χ3n) is 7.27. The van der Waals surface area contributed by atoms with Gasteiger partial charge < -0.3 is 4.60 Å². The Morgan fingerprint density at radius 1 is 0.500 bits per heavy atom. The molecule has 0 bridgehead atoms. The number of nitrogens with zero attached hydrogens (tertiary/aromatic N) is 2. The molecule has 0 atom stereocenters. The SMILES string of the molecule is Fc1c(F)c(F)c([B-]2(c3c(F)c(F)c(F)c(F)c3F)c3ccccc3C=[N+]2n2ccc3ccccc32)c(F)c1F. The minimum absolute atomic E-state index is 0.0480. The van der Waals surface area contributed by atoms with E-state index in [9.17, 15) is 26.3 Å². The summed E-state index contributed by atoms with van der Waals surface area (Å²) in [5, 5.41) is 0.464. The molecule has 2 heterocycles. The minimum Gasteiger partial charge on any atom is -0.314 e. The first kappa shape index (κ1) is 25.7. The fourth-order valence-electron chi connectivity index (χ4n) is 5.62. The Morgan fingerprint density at radius 3 is 1.50 bits per heavy atom. The maximum Gasteiger partial charge on any atom is 0.395 e. The molecule has 4 aromatic carbocycles. The van der Waals surface area contributed by atoms with E-state index in [1.165, 1.54) is 42.6 Å². The van der Waals surface area contributed by atoms with Crippen molar-refractivity contribution >= 4 is 39.8 Å². The molecule has 0 unspecified atom stereocenters. The van der Waals surface area contributed by atoms with E-state index in [0.29, 0.717) is 5.39 Å². The number of aromatic nitrogens is 1. The van der Waals surface area contributed by atoms with Crippen LogP contribution in [0.2, 0.25) is 0 Å². The van der Waals surface area contributed by atoms with Crippen LogP contribution in [0.1, 0.15) is 5.56 Å². The Hall–Kier alpha value is -4.55. The van der Waals surface area contributed by atoms with Crippen molar-refractivity contribution in [2.24, 2.45) is 0 Å². The molecule has 6 rings (SSSR count). The van der Waals surface area contributed by atoms with Crippen molar-refractivity contribution in [1.82, 2.24) is 4.68 Å². The fraction of sp³-hybridized carbons (Fsp3) is 0. The second-order valence-electron chi connectivity index (χ2n) is 9.14. The van der Waals surface area contributed by atoms with Crippen molar-refractivity contribution in [2.45, 2.75) is 0 Å². The van der Waals surface area contributed by atoms with E-state index < -0.39 is 80.8 Å². The lowest BCUT2D eigenvalue weighted by atomic mass is 9.24. The third-order valence-corrected chi connectivity index (χ3v) is 7.27. The number of rotatable bonds is 3. The van der Waals surface area contributed by atoms with E-state index in [4.69, 9.17) is 0 Å². The average Bonchev–Trinajstić information content (AvgIpc) is 3.53. The van der Waals surface area contributed by atoms with Gasteiger partial charge in [-0.25, -0.2) is 43.9 Å². The van der Waals surface area contributed by atoms with Crippen molar-refractivity contribution in [1.29, 1.82) is 0 Å². The second kappa shape index (κ2) is 8.73. The Labute approximate surface area is 217 Å². The standard InChI is InChI=1S/C27H11BF10N2/c29-18-16(19(30)23(34)26(37)22(18)33)28(17-20(31)24(35)27(38)25(36)21(17)32)14-7-3-1-6-13(14)11-40(28)39-10-9-12-5-2-4-8-15(12)39/h1-11H. The van der Waals surface area contributed by atoms with Crippen molar-refractivity contribution in [3.8, 4) is 0 Å². The predicted octanol–water partition coefficient (Wildman–Crippen LogP) is 4.91. The molecule has 1 aliphatic rings. The van der Waals surface area contributed by atoms with Crippen LogP contribution in [0.15, 0.2) is 60.8 Å². The summed E-state index contributed by atoms with van der Waals surface area (Å²) in [5.74, 6) is -25.1. The van der Waals surface area contributed by atoms with Crippen LogP contribution in [0.5, 0.6) is 0 Å². The number of fused-ring (bicyclic) bond motifs is 2. The van der Waals surface area contributed by atoms with Crippen LogP contribution < -0.4 is 16.4 Å². The lowest BCUT2D eigenvalue weighted by Gasteiger charge is -2.36. The van der Waals surface area contributed by atoms with Gasteiger partial charge in [-0.2, -0.15) is 4.68 Å². The van der Waals surface area contributed by atoms with Gasteiger partial charge in [0.1, 0.15) is 35.0 Å². The molecule has 0 spiro atoms. The number of benzene rings is 4. The lowest BCUT2D eigenvalue weighted by Crippen LogP contribution is -2.76. The van der Waals surface area contributed by atoms with Gasteiger partial charge >= 0.3 is 6.28 Å². The molecule has 5 aromatic rings. The summed E-state index contributed by atoms with van der Waals surface area (Å²) >= 11 is 0. The molecule has 0 aliphatic carbocycles. The Kier molecular flexibility index (Phi) is 5.61. The van der Waals surface area contributed by atoms with E-state index >= 15 is 17.6 Å². The molecule has 40 heavy (non-hydrogen) atoms. The molecule has 1 aromatic heterocycles. The smallest absolute Gasteiger partial charge is 0.314 e. The molecule has 0 saturated carbocycles. The van der Waals surface area contributed by atoms with Crippen molar-refractivity contribution < 1.29 is 48.5 Å².